The molecule has 1 aromatic heterocycles. The van der Waals surface area contributed by atoms with Gasteiger partial charge >= 0.3 is 18.1 Å². The van der Waals surface area contributed by atoms with E-state index in [1.807, 2.05) is 0 Å². The van der Waals surface area contributed by atoms with Crippen molar-refractivity contribution in [1.29, 1.82) is 0 Å². The highest BCUT2D eigenvalue weighted by Gasteiger charge is 2.38. The van der Waals surface area contributed by atoms with E-state index < -0.39 is 18.1 Å². The minimum atomic E-state index is -5.08. The molecule has 6 nitrogen and oxygen atoms in total. The van der Waals surface area contributed by atoms with Crippen LogP contribution in [0.5, 0.6) is 0 Å². The molecule has 14 heteroatoms. The van der Waals surface area contributed by atoms with E-state index in [1.165, 1.54) is 21.6 Å². The zero-order valence-corrected chi connectivity index (χ0v) is 16.6. The average Bonchev–Trinajstić information content (AvgIpc) is 2.84. The summed E-state index contributed by atoms with van der Waals surface area (Å²) in [4.78, 5) is 30.9. The van der Waals surface area contributed by atoms with Gasteiger partial charge in [-0.25, -0.2) is 4.79 Å². The Bertz CT molecular complexity index is 628. The third-order valence-electron chi connectivity index (χ3n) is 2.10. The number of alkyl halides is 3. The first-order valence-corrected chi connectivity index (χ1v) is 10.5. The molecule has 0 aliphatic heterocycles. The summed E-state index contributed by atoms with van der Waals surface area (Å²) in [6.07, 6.45) is -4.94. The van der Waals surface area contributed by atoms with Crippen LogP contribution in [0.4, 0.5) is 13.2 Å². The van der Waals surface area contributed by atoms with Crippen LogP contribution in [0.25, 0.3) is 0 Å². The van der Waals surface area contributed by atoms with Crippen LogP contribution in [0.3, 0.4) is 0 Å². The molecule has 0 atom stereocenters. The van der Waals surface area contributed by atoms with Crippen LogP contribution in [0.15, 0.2) is 6.07 Å². The van der Waals surface area contributed by atoms with Gasteiger partial charge in [-0.3, -0.25) is 9.59 Å². The van der Waals surface area contributed by atoms with Gasteiger partial charge in [-0.15, -0.1) is 11.3 Å². The van der Waals surface area contributed by atoms with Crippen LogP contribution >= 0.6 is 56.1 Å². The third-order valence-corrected chi connectivity index (χ3v) is 5.99. The summed E-state index contributed by atoms with van der Waals surface area (Å²) in [5.41, 5.74) is 0.389. The Balaban J connectivity index is 0.000000758. The van der Waals surface area contributed by atoms with Gasteiger partial charge in [0.05, 0.1) is 16.3 Å². The Morgan fingerprint density at radius 1 is 1.15 bits per heavy atom. The number of amides is 1. The predicted molar refractivity (Wildman–Crippen MR) is 97.5 cm³/mol. The van der Waals surface area contributed by atoms with E-state index in [1.54, 1.807) is 6.07 Å². The molecule has 26 heavy (non-hydrogen) atoms. The molecule has 0 radical (unpaired) electrons. The van der Waals surface area contributed by atoms with Crippen LogP contribution < -0.4 is 5.32 Å². The molecule has 3 N–H and O–H groups in total. The molecule has 0 aromatic carbocycles. The molecule has 0 bridgehead atoms. The number of hydrogen-bond donors (Lipinski definition) is 3. The second-order valence-electron chi connectivity index (χ2n) is 4.08. The molecule has 1 aromatic rings. The maximum absolute atomic E-state index is 11.7. The van der Waals surface area contributed by atoms with Crippen molar-refractivity contribution in [2.75, 3.05) is 18.1 Å². The number of rotatable bonds is 8. The van der Waals surface area contributed by atoms with Crippen molar-refractivity contribution < 1.29 is 37.8 Å². The number of carboxylic acids is 2. The molecule has 0 unspecified atom stereocenters. The van der Waals surface area contributed by atoms with E-state index in [0.29, 0.717) is 32.3 Å². The smallest absolute Gasteiger partial charge is 0.481 e. The fraction of sp³-hybridized carbons (Fsp3) is 0.417. The fourth-order valence-electron chi connectivity index (χ4n) is 1.04. The molecule has 0 fully saturated rings. The second kappa shape index (κ2) is 12.5. The zero-order valence-electron chi connectivity index (χ0n) is 12.6. The molecule has 0 aliphatic rings. The summed E-state index contributed by atoms with van der Waals surface area (Å²) in [5, 5.41) is 18.3. The number of carbonyl (C=O) groups is 3. The number of hydrogen-bond acceptors (Lipinski definition) is 6. The molecule has 148 valence electrons. The van der Waals surface area contributed by atoms with Crippen molar-refractivity contribution in [2.24, 2.45) is 0 Å². The van der Waals surface area contributed by atoms with E-state index >= 15 is 0 Å². The molecular weight excluding hydrogens is 462 g/mol. The summed E-state index contributed by atoms with van der Waals surface area (Å²) in [7, 11) is 3.00. The Kier molecular flexibility index (Phi) is 12.2. The first-order valence-electron chi connectivity index (χ1n) is 6.44. The van der Waals surface area contributed by atoms with Crippen molar-refractivity contribution in [3.8, 4) is 0 Å². The molecule has 0 saturated carbocycles. The minimum Gasteiger partial charge on any atom is -0.481 e. The van der Waals surface area contributed by atoms with Crippen LogP contribution in [0.1, 0.15) is 16.8 Å². The Morgan fingerprint density at radius 2 is 1.69 bits per heavy atom. The van der Waals surface area contributed by atoms with Gasteiger partial charge in [0.15, 0.2) is 0 Å². The van der Waals surface area contributed by atoms with Crippen molar-refractivity contribution in [1.82, 2.24) is 5.32 Å². The van der Waals surface area contributed by atoms with Gasteiger partial charge in [0, 0.05) is 18.1 Å². The predicted octanol–water partition coefficient (Wildman–Crippen LogP) is 4.27. The molecule has 0 saturated heterocycles. The number of carbonyl (C=O) groups excluding carboxylic acids is 1. The van der Waals surface area contributed by atoms with Crippen LogP contribution in [0, 0.1) is 0 Å². The molecule has 0 aliphatic carbocycles. The highest BCUT2D eigenvalue weighted by atomic mass is 35.5. The van der Waals surface area contributed by atoms with Crippen molar-refractivity contribution in [3.05, 3.63) is 20.3 Å². The summed E-state index contributed by atoms with van der Waals surface area (Å²) in [5.74, 6) is -2.55. The van der Waals surface area contributed by atoms with E-state index in [4.69, 9.17) is 38.2 Å². The topological polar surface area (TPSA) is 104 Å². The number of carboxylic acid groups (broad SMARTS) is 2. The first kappa shape index (κ1) is 25.2. The molecule has 1 amide bonds. The van der Waals surface area contributed by atoms with Gasteiger partial charge in [0.25, 0.3) is 5.91 Å². The maximum atomic E-state index is 11.7. The van der Waals surface area contributed by atoms with Gasteiger partial charge < -0.3 is 15.5 Å². The SMILES string of the molecule is O=C(O)C(F)(F)F.O=C(O)CCSSCCNC(=O)c1cc(Cl)sc1Cl. The van der Waals surface area contributed by atoms with E-state index in [2.05, 4.69) is 5.32 Å². The summed E-state index contributed by atoms with van der Waals surface area (Å²) < 4.78 is 32.6. The number of aliphatic carboxylic acids is 2. The molecule has 1 rings (SSSR count). The summed E-state index contributed by atoms with van der Waals surface area (Å²) in [6.45, 7) is 0.493. The van der Waals surface area contributed by atoms with Gasteiger partial charge in [-0.2, -0.15) is 13.2 Å². The standard InChI is InChI=1S/C10H11Cl2NO3S3.C2HF3O2/c11-7-5-6(9(12)19-7)10(16)13-2-4-18-17-3-1-8(14)15;3-2(4,5)1(6)7/h5H,1-4H2,(H,13,16)(H,14,15);(H,6,7). The first-order chi connectivity index (χ1) is 11.9. The molecule has 0 spiro atoms. The fourth-order valence-corrected chi connectivity index (χ4v) is 4.39. The summed E-state index contributed by atoms with van der Waals surface area (Å²) in [6, 6.07) is 1.54. The van der Waals surface area contributed by atoms with Gasteiger partial charge in [0.1, 0.15) is 4.34 Å². The zero-order chi connectivity index (χ0) is 20.3. The highest BCUT2D eigenvalue weighted by molar-refractivity contribution is 8.76. The summed E-state index contributed by atoms with van der Waals surface area (Å²) >= 11 is 12.8. The van der Waals surface area contributed by atoms with Crippen LogP contribution in [-0.2, 0) is 9.59 Å². The lowest BCUT2D eigenvalue weighted by Crippen LogP contribution is -2.25. The Labute approximate surface area is 167 Å². The van der Waals surface area contributed by atoms with E-state index in [-0.39, 0.29) is 12.3 Å². The normalized spacial score (nSPS) is 10.7. The lowest BCUT2D eigenvalue weighted by atomic mass is 10.3. The van der Waals surface area contributed by atoms with Crippen LogP contribution in [-0.4, -0.2) is 52.3 Å². The monoisotopic (exact) mass is 473 g/mol. The van der Waals surface area contributed by atoms with Gasteiger partial charge in [0.2, 0.25) is 0 Å². The maximum Gasteiger partial charge on any atom is 0.490 e. The highest BCUT2D eigenvalue weighted by Crippen LogP contribution is 2.31. The number of halogens is 5. The lowest BCUT2D eigenvalue weighted by Gasteiger charge is -2.03. The number of nitrogens with one attached hydrogen (secondary N) is 1. The quantitative estimate of drug-likeness (QED) is 0.382. The molecule has 1 heterocycles. The average molecular weight is 474 g/mol. The number of thiophene rings is 1. The molecular formula is C12H12Cl2F3NO5S3. The minimum absolute atomic E-state index is 0.146. The largest absolute Gasteiger partial charge is 0.490 e. The third kappa shape index (κ3) is 11.7. The van der Waals surface area contributed by atoms with E-state index in [0.717, 1.165) is 11.3 Å². The van der Waals surface area contributed by atoms with Crippen LogP contribution in [0.2, 0.25) is 8.67 Å². The van der Waals surface area contributed by atoms with E-state index in [9.17, 15) is 22.8 Å². The van der Waals surface area contributed by atoms with Gasteiger partial charge in [-0.1, -0.05) is 44.8 Å². The Morgan fingerprint density at radius 3 is 2.12 bits per heavy atom. The Hall–Kier alpha value is -0.820. The van der Waals surface area contributed by atoms with Crippen molar-refractivity contribution in [2.45, 2.75) is 12.6 Å². The van der Waals surface area contributed by atoms with Gasteiger partial charge in [-0.05, 0) is 6.07 Å². The second-order valence-corrected chi connectivity index (χ2v) is 9.07. The lowest BCUT2D eigenvalue weighted by molar-refractivity contribution is -0.192. The van der Waals surface area contributed by atoms with Crippen molar-refractivity contribution >= 4 is 74.0 Å². The van der Waals surface area contributed by atoms with Crippen molar-refractivity contribution in [3.63, 3.8) is 0 Å².